The van der Waals surface area contributed by atoms with Gasteiger partial charge in [-0.05, 0) is 67.5 Å². The molecule has 104 valence electrons. The maximum Gasteiger partial charge on any atom is 0.265 e. The van der Waals surface area contributed by atoms with Crippen LogP contribution in [0, 0.1) is 3.57 Å². The molecule has 2 N–H and O–H groups in total. The third-order valence-electron chi connectivity index (χ3n) is 3.63. The minimum Gasteiger partial charge on any atom is -0.507 e. The summed E-state index contributed by atoms with van der Waals surface area (Å²) >= 11 is 2.03. The van der Waals surface area contributed by atoms with Crippen LogP contribution in [0.2, 0.25) is 0 Å². The van der Waals surface area contributed by atoms with Crippen LogP contribution >= 0.6 is 22.6 Å². The Labute approximate surface area is 127 Å². The summed E-state index contributed by atoms with van der Waals surface area (Å²) in [5.74, 6) is -0.0136. The second kappa shape index (κ2) is 6.09. The normalized spacial score (nSPS) is 24.2. The molecule has 4 nitrogen and oxygen atoms in total. The van der Waals surface area contributed by atoms with Crippen LogP contribution in [-0.2, 0) is 0 Å². The van der Waals surface area contributed by atoms with Gasteiger partial charge >= 0.3 is 0 Å². The summed E-state index contributed by atoms with van der Waals surface area (Å²) in [6, 6.07) is 5.69. The van der Waals surface area contributed by atoms with Crippen molar-refractivity contribution in [2.75, 3.05) is 0 Å². The van der Waals surface area contributed by atoms with Crippen LogP contribution in [0.15, 0.2) is 18.2 Å². The van der Waals surface area contributed by atoms with E-state index in [-0.39, 0.29) is 11.7 Å². The van der Waals surface area contributed by atoms with Crippen LogP contribution in [-0.4, -0.2) is 28.1 Å². The number of halogens is 1. The smallest absolute Gasteiger partial charge is 0.265 e. The fourth-order valence-corrected chi connectivity index (χ4v) is 2.81. The topological polar surface area (TPSA) is 52.6 Å². The van der Waals surface area contributed by atoms with Crippen molar-refractivity contribution in [3.8, 4) is 5.75 Å². The van der Waals surface area contributed by atoms with E-state index in [4.69, 9.17) is 0 Å². The lowest BCUT2D eigenvalue weighted by Crippen LogP contribution is -2.54. The molecular weight excluding hydrogens is 355 g/mol. The van der Waals surface area contributed by atoms with E-state index in [1.54, 1.807) is 12.1 Å². The summed E-state index contributed by atoms with van der Waals surface area (Å²) in [6.07, 6.45) is 3.41. The lowest BCUT2D eigenvalue weighted by atomic mass is 10.00. The van der Waals surface area contributed by atoms with Gasteiger partial charge in [0, 0.05) is 17.6 Å². The summed E-state index contributed by atoms with van der Waals surface area (Å²) in [4.78, 5) is 12.2. The Morgan fingerprint density at radius 1 is 1.37 bits per heavy atom. The molecule has 0 aliphatic carbocycles. The molecule has 1 aliphatic rings. The Kier molecular flexibility index (Phi) is 4.67. The number of hydrogen-bond acceptors (Lipinski definition) is 3. The summed E-state index contributed by atoms with van der Waals surface area (Å²) < 4.78 is 0.744. The first kappa shape index (κ1) is 14.6. The Hall–Kier alpha value is -0.820. The molecule has 1 aromatic carbocycles. The lowest BCUT2D eigenvalue weighted by molar-refractivity contribution is 0.0369. The Balaban J connectivity index is 2.09. The molecule has 0 spiro atoms. The number of benzene rings is 1. The van der Waals surface area contributed by atoms with Crippen LogP contribution in [0.4, 0.5) is 0 Å². The van der Waals surface area contributed by atoms with Gasteiger partial charge in [0.05, 0.1) is 3.57 Å². The van der Waals surface area contributed by atoms with E-state index < -0.39 is 0 Å². The highest BCUT2D eigenvalue weighted by atomic mass is 127. The molecule has 1 heterocycles. The van der Waals surface area contributed by atoms with Gasteiger partial charge in [0.15, 0.2) is 0 Å². The quantitative estimate of drug-likeness (QED) is 0.783. The van der Waals surface area contributed by atoms with Gasteiger partial charge in [0.1, 0.15) is 5.75 Å². The van der Waals surface area contributed by atoms with Crippen molar-refractivity contribution in [2.24, 2.45) is 0 Å². The zero-order valence-electron chi connectivity index (χ0n) is 11.2. The zero-order valence-corrected chi connectivity index (χ0v) is 13.3. The van der Waals surface area contributed by atoms with Crippen LogP contribution in [0.1, 0.15) is 43.5 Å². The van der Waals surface area contributed by atoms with E-state index in [0.717, 1.165) is 16.4 Å². The number of piperidine rings is 1. The molecule has 0 bridgehead atoms. The number of hydrazine groups is 1. The van der Waals surface area contributed by atoms with Gasteiger partial charge in [-0.25, -0.2) is 5.01 Å². The van der Waals surface area contributed by atoms with Crippen molar-refractivity contribution in [3.05, 3.63) is 27.3 Å². The average molecular weight is 374 g/mol. The van der Waals surface area contributed by atoms with Gasteiger partial charge in [-0.1, -0.05) is 6.42 Å². The lowest BCUT2D eigenvalue weighted by Gasteiger charge is -2.38. The molecule has 5 heteroatoms. The second-order valence-electron chi connectivity index (χ2n) is 5.14. The van der Waals surface area contributed by atoms with E-state index in [2.05, 4.69) is 19.3 Å². The average Bonchev–Trinajstić information content (AvgIpc) is 2.37. The number of phenols is 1. The minimum absolute atomic E-state index is 0.146. The van der Waals surface area contributed by atoms with Crippen LogP contribution in [0.5, 0.6) is 5.75 Å². The van der Waals surface area contributed by atoms with E-state index in [0.29, 0.717) is 17.6 Å². The number of aromatic hydroxyl groups is 1. The number of nitrogens with one attached hydrogen (secondary N) is 1. The third-order valence-corrected chi connectivity index (χ3v) is 4.54. The van der Waals surface area contributed by atoms with Crippen molar-refractivity contribution < 1.29 is 9.90 Å². The van der Waals surface area contributed by atoms with E-state index in [9.17, 15) is 9.90 Å². The van der Waals surface area contributed by atoms with Crippen LogP contribution < -0.4 is 5.43 Å². The molecule has 0 aromatic heterocycles. The number of carbonyl (C=O) groups excluding carboxylic acids is 1. The Morgan fingerprint density at radius 2 is 2.00 bits per heavy atom. The number of amides is 1. The highest BCUT2D eigenvalue weighted by molar-refractivity contribution is 14.1. The standard InChI is InChI=1S/C14H19IN2O2/c1-9-4-3-5-10(2)17(9)16-14(19)11-6-7-12(15)13(18)8-11/h6-10,18H,3-5H2,1-2H3,(H,16,19). The van der Waals surface area contributed by atoms with Crippen molar-refractivity contribution in [1.82, 2.24) is 10.4 Å². The number of phenolic OH excluding ortho intramolecular Hbond substituents is 1. The first-order valence-corrected chi connectivity index (χ1v) is 7.64. The monoisotopic (exact) mass is 374 g/mol. The van der Waals surface area contributed by atoms with Crippen molar-refractivity contribution in [1.29, 1.82) is 0 Å². The van der Waals surface area contributed by atoms with Gasteiger partial charge in [0.2, 0.25) is 0 Å². The number of hydrogen-bond donors (Lipinski definition) is 2. The van der Waals surface area contributed by atoms with Crippen molar-refractivity contribution in [3.63, 3.8) is 0 Å². The summed E-state index contributed by atoms with van der Waals surface area (Å²) in [5, 5.41) is 11.7. The van der Waals surface area contributed by atoms with Gasteiger partial charge in [-0.3, -0.25) is 10.2 Å². The fraction of sp³-hybridized carbons (Fsp3) is 0.500. The summed E-state index contributed by atoms with van der Waals surface area (Å²) in [5.41, 5.74) is 3.45. The molecule has 2 rings (SSSR count). The molecule has 1 fully saturated rings. The predicted molar refractivity (Wildman–Crippen MR) is 82.9 cm³/mol. The highest BCUT2D eigenvalue weighted by Gasteiger charge is 2.26. The molecule has 1 aliphatic heterocycles. The largest absolute Gasteiger partial charge is 0.507 e. The van der Waals surface area contributed by atoms with Crippen LogP contribution in [0.3, 0.4) is 0 Å². The van der Waals surface area contributed by atoms with Gasteiger partial charge in [0.25, 0.3) is 5.91 Å². The van der Waals surface area contributed by atoms with Crippen molar-refractivity contribution >= 4 is 28.5 Å². The highest BCUT2D eigenvalue weighted by Crippen LogP contribution is 2.22. The SMILES string of the molecule is CC1CCCC(C)N1NC(=O)c1ccc(I)c(O)c1. The zero-order chi connectivity index (χ0) is 14.0. The molecule has 19 heavy (non-hydrogen) atoms. The number of nitrogens with zero attached hydrogens (tertiary/aromatic N) is 1. The maximum absolute atomic E-state index is 12.2. The molecule has 1 saturated heterocycles. The van der Waals surface area contributed by atoms with E-state index >= 15 is 0 Å². The van der Waals surface area contributed by atoms with Gasteiger partial charge in [-0.2, -0.15) is 0 Å². The molecule has 1 aromatic rings. The van der Waals surface area contributed by atoms with Crippen LogP contribution in [0.25, 0.3) is 0 Å². The number of rotatable bonds is 2. The second-order valence-corrected chi connectivity index (χ2v) is 6.31. The maximum atomic E-state index is 12.2. The summed E-state index contributed by atoms with van der Waals surface area (Å²) in [6.45, 7) is 4.25. The van der Waals surface area contributed by atoms with E-state index in [1.807, 2.05) is 27.6 Å². The molecule has 2 unspecified atom stereocenters. The fourth-order valence-electron chi connectivity index (χ4n) is 2.48. The van der Waals surface area contributed by atoms with Crippen molar-refractivity contribution in [2.45, 2.75) is 45.2 Å². The molecule has 0 saturated carbocycles. The molecule has 2 atom stereocenters. The minimum atomic E-state index is -0.160. The Bertz CT molecular complexity index is 469. The first-order chi connectivity index (χ1) is 8.99. The summed E-state index contributed by atoms with van der Waals surface area (Å²) in [7, 11) is 0. The van der Waals surface area contributed by atoms with Gasteiger partial charge in [-0.15, -0.1) is 0 Å². The van der Waals surface area contributed by atoms with E-state index in [1.165, 1.54) is 12.5 Å². The first-order valence-electron chi connectivity index (χ1n) is 6.57. The Morgan fingerprint density at radius 3 is 2.58 bits per heavy atom. The molecular formula is C14H19IN2O2. The molecule has 0 radical (unpaired) electrons. The predicted octanol–water partition coefficient (Wildman–Crippen LogP) is 2.90. The molecule has 1 amide bonds. The third kappa shape index (κ3) is 3.39. The number of carbonyl (C=O) groups is 1. The van der Waals surface area contributed by atoms with Gasteiger partial charge < -0.3 is 5.11 Å².